The zero-order chi connectivity index (χ0) is 16.3. The molecule has 1 heterocycles. The van der Waals surface area contributed by atoms with Crippen LogP contribution in [0.5, 0.6) is 11.5 Å². The highest BCUT2D eigenvalue weighted by atomic mass is 32.2. The zero-order valence-electron chi connectivity index (χ0n) is 11.1. The maximum absolute atomic E-state index is 12.0. The fourth-order valence-corrected chi connectivity index (χ4v) is 2.90. The SMILES string of the molecule is O=C(O)CN1C(=O)C(=CC=Cc2ccc(O)cc2O)SC1=S. The molecule has 1 fully saturated rings. The van der Waals surface area contributed by atoms with Crippen molar-refractivity contribution in [1.29, 1.82) is 0 Å². The molecule has 0 aliphatic carbocycles. The van der Waals surface area contributed by atoms with Crippen LogP contribution in [0.4, 0.5) is 0 Å². The Morgan fingerprint density at radius 1 is 1.36 bits per heavy atom. The largest absolute Gasteiger partial charge is 0.508 e. The van der Waals surface area contributed by atoms with Crippen molar-refractivity contribution in [3.05, 3.63) is 40.8 Å². The van der Waals surface area contributed by atoms with Crippen molar-refractivity contribution in [3.8, 4) is 11.5 Å². The van der Waals surface area contributed by atoms with Gasteiger partial charge in [-0.3, -0.25) is 14.5 Å². The molecule has 1 aliphatic heterocycles. The van der Waals surface area contributed by atoms with Crippen LogP contribution < -0.4 is 0 Å². The lowest BCUT2D eigenvalue weighted by Crippen LogP contribution is -2.33. The van der Waals surface area contributed by atoms with Crippen molar-refractivity contribution in [3.63, 3.8) is 0 Å². The second-order valence-corrected chi connectivity index (χ2v) is 5.96. The van der Waals surface area contributed by atoms with Gasteiger partial charge in [0.1, 0.15) is 22.4 Å². The maximum atomic E-state index is 12.0. The van der Waals surface area contributed by atoms with Gasteiger partial charge >= 0.3 is 5.97 Å². The van der Waals surface area contributed by atoms with Gasteiger partial charge in [0, 0.05) is 11.6 Å². The van der Waals surface area contributed by atoms with Gasteiger partial charge in [-0.25, -0.2) is 0 Å². The topological polar surface area (TPSA) is 98.1 Å². The number of benzene rings is 1. The lowest BCUT2D eigenvalue weighted by molar-refractivity contribution is -0.140. The molecule has 22 heavy (non-hydrogen) atoms. The summed E-state index contributed by atoms with van der Waals surface area (Å²) in [5, 5.41) is 27.5. The van der Waals surface area contributed by atoms with Crippen molar-refractivity contribution in [2.45, 2.75) is 0 Å². The Labute approximate surface area is 135 Å². The summed E-state index contributed by atoms with van der Waals surface area (Å²) in [5.41, 5.74) is 0.468. The number of carboxylic acid groups (broad SMARTS) is 1. The Balaban J connectivity index is 2.13. The van der Waals surface area contributed by atoms with Crippen molar-refractivity contribution in [2.24, 2.45) is 0 Å². The number of aromatic hydroxyl groups is 2. The molecule has 0 spiro atoms. The van der Waals surface area contributed by atoms with Crippen LogP contribution in [0.2, 0.25) is 0 Å². The molecule has 0 radical (unpaired) electrons. The van der Waals surface area contributed by atoms with Gasteiger partial charge < -0.3 is 15.3 Å². The number of nitrogens with zero attached hydrogens (tertiary/aromatic N) is 1. The van der Waals surface area contributed by atoms with Gasteiger partial charge in [0.2, 0.25) is 0 Å². The Morgan fingerprint density at radius 3 is 2.73 bits per heavy atom. The third-order valence-electron chi connectivity index (χ3n) is 2.70. The number of phenols is 2. The van der Waals surface area contributed by atoms with Crippen molar-refractivity contribution < 1.29 is 24.9 Å². The van der Waals surface area contributed by atoms with Crippen LogP contribution in [0.25, 0.3) is 6.08 Å². The van der Waals surface area contributed by atoms with E-state index in [1.165, 1.54) is 24.3 Å². The Morgan fingerprint density at radius 2 is 2.09 bits per heavy atom. The lowest BCUT2D eigenvalue weighted by atomic mass is 10.2. The van der Waals surface area contributed by atoms with Gasteiger partial charge in [0.05, 0.1) is 4.91 Å². The van der Waals surface area contributed by atoms with Crippen LogP contribution in [0.1, 0.15) is 5.56 Å². The van der Waals surface area contributed by atoms with Crippen LogP contribution in [-0.2, 0) is 9.59 Å². The minimum atomic E-state index is -1.14. The van der Waals surface area contributed by atoms with Gasteiger partial charge in [-0.1, -0.05) is 36.1 Å². The Hall–Kier alpha value is -2.32. The number of rotatable bonds is 4. The number of hydrogen-bond acceptors (Lipinski definition) is 6. The molecular formula is C14H11NO5S2. The molecule has 3 N–H and O–H groups in total. The average Bonchev–Trinajstić information content (AvgIpc) is 2.68. The number of phenolic OH excluding ortho intramolecular Hbond substituents is 2. The number of amides is 1. The van der Waals surface area contributed by atoms with E-state index in [9.17, 15) is 19.8 Å². The van der Waals surface area contributed by atoms with E-state index in [0.29, 0.717) is 10.5 Å². The molecule has 0 bridgehead atoms. The van der Waals surface area contributed by atoms with E-state index < -0.39 is 18.4 Å². The smallest absolute Gasteiger partial charge is 0.323 e. The summed E-state index contributed by atoms with van der Waals surface area (Å²) >= 11 is 5.98. The number of carbonyl (C=O) groups is 2. The number of carboxylic acids is 1. The molecule has 0 aromatic heterocycles. The van der Waals surface area contributed by atoms with Gasteiger partial charge in [-0.05, 0) is 18.2 Å². The standard InChI is InChI=1S/C14H11NO5S2/c16-9-5-4-8(10(17)6-9)2-1-3-11-13(20)15(7-12(18)19)14(21)22-11/h1-6,16-17H,7H2,(H,18,19). The molecule has 114 valence electrons. The molecule has 1 aromatic rings. The number of thioether (sulfide) groups is 1. The monoisotopic (exact) mass is 337 g/mol. The molecule has 1 aromatic carbocycles. The van der Waals surface area contributed by atoms with Crippen LogP contribution in [0, 0.1) is 0 Å². The summed E-state index contributed by atoms with van der Waals surface area (Å²) in [4.78, 5) is 24.0. The Kier molecular flexibility index (Phi) is 4.84. The fourth-order valence-electron chi connectivity index (χ4n) is 1.70. The summed E-state index contributed by atoms with van der Waals surface area (Å²) in [7, 11) is 0. The van der Waals surface area contributed by atoms with E-state index >= 15 is 0 Å². The first kappa shape index (κ1) is 16.1. The van der Waals surface area contributed by atoms with Crippen molar-refractivity contribution in [2.75, 3.05) is 6.54 Å². The highest BCUT2D eigenvalue weighted by molar-refractivity contribution is 8.26. The first-order chi connectivity index (χ1) is 10.4. The number of hydrogen-bond donors (Lipinski definition) is 3. The highest BCUT2D eigenvalue weighted by Crippen LogP contribution is 2.31. The summed E-state index contributed by atoms with van der Waals surface area (Å²) < 4.78 is 0.194. The van der Waals surface area contributed by atoms with Crippen LogP contribution in [0.3, 0.4) is 0 Å². The van der Waals surface area contributed by atoms with Gasteiger partial charge in [0.25, 0.3) is 5.91 Å². The molecule has 6 nitrogen and oxygen atoms in total. The second kappa shape index (κ2) is 6.63. The van der Waals surface area contributed by atoms with E-state index in [2.05, 4.69) is 0 Å². The van der Waals surface area contributed by atoms with Crippen molar-refractivity contribution >= 4 is 46.3 Å². The first-order valence-corrected chi connectivity index (χ1v) is 7.27. The third kappa shape index (κ3) is 3.66. The fraction of sp³-hybridized carbons (Fsp3) is 0.0714. The van der Waals surface area contributed by atoms with Crippen molar-refractivity contribution in [1.82, 2.24) is 4.90 Å². The second-order valence-electron chi connectivity index (χ2n) is 4.29. The lowest BCUT2D eigenvalue weighted by Gasteiger charge is -2.09. The Bertz CT molecular complexity index is 711. The molecule has 0 atom stereocenters. The summed E-state index contributed by atoms with van der Waals surface area (Å²) in [5.74, 6) is -1.74. The van der Waals surface area contributed by atoms with Crippen LogP contribution in [-0.4, -0.2) is 43.0 Å². The molecule has 1 amide bonds. The quantitative estimate of drug-likeness (QED) is 0.570. The number of thiocarbonyl (C=S) groups is 1. The van der Waals surface area contributed by atoms with Crippen LogP contribution in [0.15, 0.2) is 35.3 Å². The molecule has 1 aliphatic rings. The summed E-state index contributed by atoms with van der Waals surface area (Å²) in [6, 6.07) is 4.14. The van der Waals surface area contributed by atoms with E-state index in [1.807, 2.05) is 0 Å². The first-order valence-electron chi connectivity index (χ1n) is 6.04. The number of aliphatic carboxylic acids is 1. The van der Waals surface area contributed by atoms with Gasteiger partial charge in [-0.15, -0.1) is 0 Å². The predicted molar refractivity (Wildman–Crippen MR) is 86.4 cm³/mol. The highest BCUT2D eigenvalue weighted by Gasteiger charge is 2.32. The number of allylic oxidation sites excluding steroid dienone is 2. The summed E-state index contributed by atoms with van der Waals surface area (Å²) in [6.45, 7) is -0.468. The normalized spacial score (nSPS) is 16.9. The van der Waals surface area contributed by atoms with Crippen LogP contribution >= 0.6 is 24.0 Å². The third-order valence-corrected chi connectivity index (χ3v) is 4.10. The molecule has 8 heteroatoms. The maximum Gasteiger partial charge on any atom is 0.323 e. The summed E-state index contributed by atoms with van der Waals surface area (Å²) in [6.07, 6.45) is 4.59. The molecule has 0 unspecified atom stereocenters. The van der Waals surface area contributed by atoms with E-state index in [-0.39, 0.29) is 15.8 Å². The molecule has 1 saturated heterocycles. The average molecular weight is 337 g/mol. The minimum Gasteiger partial charge on any atom is -0.508 e. The van der Waals surface area contributed by atoms with E-state index in [1.54, 1.807) is 12.2 Å². The van der Waals surface area contributed by atoms with E-state index in [4.69, 9.17) is 17.3 Å². The molecular weight excluding hydrogens is 326 g/mol. The van der Waals surface area contributed by atoms with E-state index in [0.717, 1.165) is 16.7 Å². The zero-order valence-corrected chi connectivity index (χ0v) is 12.7. The molecule has 0 saturated carbocycles. The molecule has 2 rings (SSSR count). The van der Waals surface area contributed by atoms with Gasteiger partial charge in [-0.2, -0.15) is 0 Å². The number of carbonyl (C=O) groups excluding carboxylic acids is 1. The predicted octanol–water partition coefficient (Wildman–Crippen LogP) is 1.94. The minimum absolute atomic E-state index is 0.0517. The van der Waals surface area contributed by atoms with Gasteiger partial charge in [0.15, 0.2) is 0 Å².